The summed E-state index contributed by atoms with van der Waals surface area (Å²) in [6, 6.07) is 12.7. The molecule has 0 bridgehead atoms. The summed E-state index contributed by atoms with van der Waals surface area (Å²) in [5.74, 6) is -1.44. The number of rotatable bonds is 6. The number of halogens is 1. The van der Waals surface area contributed by atoms with Crippen molar-refractivity contribution in [2.24, 2.45) is 11.7 Å². The standard InChI is InChI=1S/C23H25FN4O3/c24-19-8-6-18(7-9-19)23(31)28-11-10-27(22(30)17-4-5-17)21(28)20(29)26-14-16-3-1-2-15(12-16)13-25/h1-3,6-9,12,17,21H,4-5,10-11,13-14,25H2,(H,26,29). The van der Waals surface area contributed by atoms with Crippen LogP contribution < -0.4 is 11.1 Å². The van der Waals surface area contributed by atoms with Gasteiger partial charge in [0.15, 0.2) is 6.17 Å². The molecular formula is C23H25FN4O3. The molecule has 1 atom stereocenters. The van der Waals surface area contributed by atoms with Crippen molar-refractivity contribution in [3.05, 3.63) is 71.0 Å². The summed E-state index contributed by atoms with van der Waals surface area (Å²) in [6.07, 6.45) is 0.589. The van der Waals surface area contributed by atoms with Crippen molar-refractivity contribution in [1.82, 2.24) is 15.1 Å². The summed E-state index contributed by atoms with van der Waals surface area (Å²) in [7, 11) is 0. The fraction of sp³-hybridized carbons (Fsp3) is 0.348. The maximum absolute atomic E-state index is 13.3. The second-order valence-electron chi connectivity index (χ2n) is 7.93. The van der Waals surface area contributed by atoms with Gasteiger partial charge in [-0.05, 0) is 48.2 Å². The van der Waals surface area contributed by atoms with Crippen LogP contribution >= 0.6 is 0 Å². The molecule has 1 aliphatic carbocycles. The topological polar surface area (TPSA) is 95.7 Å². The van der Waals surface area contributed by atoms with Gasteiger partial charge in [0.1, 0.15) is 5.82 Å². The molecule has 1 unspecified atom stereocenters. The van der Waals surface area contributed by atoms with Crippen molar-refractivity contribution in [2.45, 2.75) is 32.1 Å². The van der Waals surface area contributed by atoms with Gasteiger partial charge in [-0.15, -0.1) is 0 Å². The molecule has 8 heteroatoms. The number of nitrogens with one attached hydrogen (secondary N) is 1. The van der Waals surface area contributed by atoms with Crippen LogP contribution in [-0.4, -0.2) is 46.8 Å². The lowest BCUT2D eigenvalue weighted by Crippen LogP contribution is -2.54. The lowest BCUT2D eigenvalue weighted by atomic mass is 10.1. The zero-order valence-corrected chi connectivity index (χ0v) is 17.1. The van der Waals surface area contributed by atoms with E-state index in [1.807, 2.05) is 24.3 Å². The Morgan fingerprint density at radius 2 is 1.68 bits per heavy atom. The average molecular weight is 424 g/mol. The zero-order valence-electron chi connectivity index (χ0n) is 17.1. The first-order chi connectivity index (χ1) is 15.0. The third kappa shape index (κ3) is 4.59. The van der Waals surface area contributed by atoms with E-state index in [0.717, 1.165) is 24.0 Å². The van der Waals surface area contributed by atoms with Crippen molar-refractivity contribution < 1.29 is 18.8 Å². The van der Waals surface area contributed by atoms with Crippen LogP contribution in [0.25, 0.3) is 0 Å². The van der Waals surface area contributed by atoms with Crippen molar-refractivity contribution in [3.63, 3.8) is 0 Å². The van der Waals surface area contributed by atoms with Gasteiger partial charge in [0.05, 0.1) is 0 Å². The molecule has 0 spiro atoms. The smallest absolute Gasteiger partial charge is 0.264 e. The molecule has 2 aromatic rings. The fourth-order valence-electron chi connectivity index (χ4n) is 3.82. The third-order valence-corrected chi connectivity index (χ3v) is 5.66. The van der Waals surface area contributed by atoms with Gasteiger partial charge in [0, 0.05) is 37.7 Å². The van der Waals surface area contributed by atoms with Crippen LogP contribution in [0.5, 0.6) is 0 Å². The summed E-state index contributed by atoms with van der Waals surface area (Å²) in [4.78, 5) is 41.9. The van der Waals surface area contributed by atoms with Gasteiger partial charge in [0.2, 0.25) is 5.91 Å². The molecule has 0 radical (unpaired) electrons. The van der Waals surface area contributed by atoms with Crippen LogP contribution in [0.2, 0.25) is 0 Å². The molecule has 1 aliphatic heterocycles. The normalized spacial score (nSPS) is 18.2. The number of carbonyl (C=O) groups excluding carboxylic acids is 3. The lowest BCUT2D eigenvalue weighted by Gasteiger charge is -2.29. The molecule has 4 rings (SSSR count). The van der Waals surface area contributed by atoms with Crippen LogP contribution in [0.3, 0.4) is 0 Å². The van der Waals surface area contributed by atoms with Crippen molar-refractivity contribution in [3.8, 4) is 0 Å². The van der Waals surface area contributed by atoms with Crippen LogP contribution in [0.15, 0.2) is 48.5 Å². The monoisotopic (exact) mass is 424 g/mol. The highest BCUT2D eigenvalue weighted by Crippen LogP contribution is 2.33. The number of nitrogens with two attached hydrogens (primary N) is 1. The molecular weight excluding hydrogens is 399 g/mol. The molecule has 2 fully saturated rings. The van der Waals surface area contributed by atoms with E-state index in [0.29, 0.717) is 13.1 Å². The summed E-state index contributed by atoms with van der Waals surface area (Å²) >= 11 is 0. The highest BCUT2D eigenvalue weighted by molar-refractivity contribution is 5.99. The zero-order chi connectivity index (χ0) is 22.0. The number of carbonyl (C=O) groups is 3. The van der Waals surface area contributed by atoms with E-state index in [1.54, 1.807) is 0 Å². The lowest BCUT2D eigenvalue weighted by molar-refractivity contribution is -0.142. The van der Waals surface area contributed by atoms with Crippen LogP contribution in [0.1, 0.15) is 34.3 Å². The van der Waals surface area contributed by atoms with E-state index in [4.69, 9.17) is 5.73 Å². The maximum Gasteiger partial charge on any atom is 0.264 e. The molecule has 3 N–H and O–H groups in total. The quantitative estimate of drug-likeness (QED) is 0.737. The van der Waals surface area contributed by atoms with E-state index in [2.05, 4.69) is 5.32 Å². The highest BCUT2D eigenvalue weighted by atomic mass is 19.1. The summed E-state index contributed by atoms with van der Waals surface area (Å²) in [6.45, 7) is 1.19. The predicted octanol–water partition coefficient (Wildman–Crippen LogP) is 1.62. The molecule has 31 heavy (non-hydrogen) atoms. The minimum atomic E-state index is -1.02. The maximum atomic E-state index is 13.3. The van der Waals surface area contributed by atoms with Crippen molar-refractivity contribution in [2.75, 3.05) is 13.1 Å². The molecule has 1 heterocycles. The second-order valence-corrected chi connectivity index (χ2v) is 7.93. The number of amides is 3. The van der Waals surface area contributed by atoms with E-state index in [9.17, 15) is 18.8 Å². The highest BCUT2D eigenvalue weighted by Gasteiger charge is 2.46. The number of hydrogen-bond donors (Lipinski definition) is 2. The average Bonchev–Trinajstić information content (AvgIpc) is 3.55. The SMILES string of the molecule is NCc1cccc(CNC(=O)C2N(C(=O)c3ccc(F)cc3)CCN2C(=O)C2CC2)c1. The Balaban J connectivity index is 1.53. The fourth-order valence-corrected chi connectivity index (χ4v) is 3.82. The Hall–Kier alpha value is -3.26. The molecule has 1 saturated carbocycles. The van der Waals surface area contributed by atoms with Crippen LogP contribution in [0, 0.1) is 11.7 Å². The first-order valence-electron chi connectivity index (χ1n) is 10.4. The predicted molar refractivity (Wildman–Crippen MR) is 112 cm³/mol. The molecule has 2 aliphatic rings. The molecule has 2 aromatic carbocycles. The van der Waals surface area contributed by atoms with Gasteiger partial charge >= 0.3 is 0 Å². The van der Waals surface area contributed by atoms with Gasteiger partial charge < -0.3 is 20.9 Å². The Morgan fingerprint density at radius 3 is 2.35 bits per heavy atom. The van der Waals surface area contributed by atoms with Gasteiger partial charge in [-0.1, -0.05) is 24.3 Å². The molecule has 0 aromatic heterocycles. The summed E-state index contributed by atoms with van der Waals surface area (Å²) in [5.41, 5.74) is 7.78. The Labute approximate surface area is 180 Å². The van der Waals surface area contributed by atoms with Crippen molar-refractivity contribution in [1.29, 1.82) is 0 Å². The largest absolute Gasteiger partial charge is 0.349 e. The van der Waals surface area contributed by atoms with Crippen LogP contribution in [0.4, 0.5) is 4.39 Å². The number of hydrogen-bond acceptors (Lipinski definition) is 4. The third-order valence-electron chi connectivity index (χ3n) is 5.66. The molecule has 3 amide bonds. The van der Waals surface area contributed by atoms with E-state index >= 15 is 0 Å². The molecule has 1 saturated heterocycles. The Morgan fingerprint density at radius 1 is 1.00 bits per heavy atom. The van der Waals surface area contributed by atoms with Gasteiger partial charge in [-0.25, -0.2) is 4.39 Å². The van der Waals surface area contributed by atoms with E-state index < -0.39 is 23.8 Å². The van der Waals surface area contributed by atoms with Crippen molar-refractivity contribution >= 4 is 17.7 Å². The number of benzene rings is 2. The van der Waals surface area contributed by atoms with Crippen LogP contribution in [-0.2, 0) is 22.7 Å². The second kappa shape index (κ2) is 8.85. The minimum absolute atomic E-state index is 0.0718. The molecule has 162 valence electrons. The summed E-state index contributed by atoms with van der Waals surface area (Å²) < 4.78 is 13.3. The van der Waals surface area contributed by atoms with Gasteiger partial charge in [-0.2, -0.15) is 0 Å². The minimum Gasteiger partial charge on any atom is -0.349 e. The first kappa shape index (κ1) is 21.0. The van der Waals surface area contributed by atoms with Gasteiger partial charge in [0.25, 0.3) is 11.8 Å². The molecule has 7 nitrogen and oxygen atoms in total. The number of nitrogens with zero attached hydrogens (tertiary/aromatic N) is 2. The summed E-state index contributed by atoms with van der Waals surface area (Å²) in [5, 5.41) is 2.85. The van der Waals surface area contributed by atoms with Gasteiger partial charge in [-0.3, -0.25) is 14.4 Å². The Kier molecular flexibility index (Phi) is 5.99. The van der Waals surface area contributed by atoms with E-state index in [-0.39, 0.29) is 30.5 Å². The van der Waals surface area contributed by atoms with E-state index in [1.165, 1.54) is 34.1 Å². The Bertz CT molecular complexity index is 991. The first-order valence-corrected chi connectivity index (χ1v) is 10.4.